The van der Waals surface area contributed by atoms with Gasteiger partial charge in [0.1, 0.15) is 5.82 Å². The molecule has 132 valence electrons. The number of halogens is 1. The third-order valence-corrected chi connectivity index (χ3v) is 4.40. The van der Waals surface area contributed by atoms with Gasteiger partial charge in [-0.05, 0) is 37.0 Å². The number of hydrogen-bond donors (Lipinski definition) is 2. The van der Waals surface area contributed by atoms with E-state index in [1.807, 2.05) is 13.0 Å². The van der Waals surface area contributed by atoms with E-state index in [-0.39, 0.29) is 29.5 Å². The molecule has 2 unspecified atom stereocenters. The van der Waals surface area contributed by atoms with E-state index in [0.29, 0.717) is 32.6 Å². The zero-order valence-corrected chi connectivity index (χ0v) is 14.1. The molecule has 2 atom stereocenters. The summed E-state index contributed by atoms with van der Waals surface area (Å²) in [6.07, 6.45) is 2.11. The van der Waals surface area contributed by atoms with Gasteiger partial charge in [0.15, 0.2) is 0 Å². The van der Waals surface area contributed by atoms with Crippen LogP contribution in [0.5, 0.6) is 0 Å². The Hall–Kier alpha value is -1.95. The number of amides is 2. The first-order chi connectivity index (χ1) is 11.5. The minimum Gasteiger partial charge on any atom is -0.355 e. The first-order valence-corrected chi connectivity index (χ1v) is 8.52. The van der Waals surface area contributed by atoms with Crippen LogP contribution in [0.2, 0.25) is 0 Å². The van der Waals surface area contributed by atoms with Gasteiger partial charge in [-0.3, -0.25) is 9.59 Å². The summed E-state index contributed by atoms with van der Waals surface area (Å²) in [6, 6.07) is 6.33. The number of piperidine rings is 1. The summed E-state index contributed by atoms with van der Waals surface area (Å²) >= 11 is 0. The molecule has 6 heteroatoms. The molecule has 1 fully saturated rings. The minimum absolute atomic E-state index is 0.0237. The number of nitrogens with zero attached hydrogens (tertiary/aromatic N) is 1. The van der Waals surface area contributed by atoms with Gasteiger partial charge in [0, 0.05) is 32.1 Å². The van der Waals surface area contributed by atoms with Crippen LogP contribution in [0.15, 0.2) is 24.3 Å². The molecule has 0 spiro atoms. The van der Waals surface area contributed by atoms with Gasteiger partial charge >= 0.3 is 0 Å². The molecule has 5 nitrogen and oxygen atoms in total. The van der Waals surface area contributed by atoms with Gasteiger partial charge in [-0.1, -0.05) is 19.1 Å². The zero-order valence-electron chi connectivity index (χ0n) is 14.1. The van der Waals surface area contributed by atoms with Gasteiger partial charge in [-0.15, -0.1) is 0 Å². The smallest absolute Gasteiger partial charge is 0.225 e. The Morgan fingerprint density at radius 2 is 2.25 bits per heavy atom. The zero-order chi connectivity index (χ0) is 17.5. The van der Waals surface area contributed by atoms with Gasteiger partial charge in [-0.2, -0.15) is 0 Å². The number of rotatable bonds is 6. The average molecular weight is 335 g/mol. The van der Waals surface area contributed by atoms with Gasteiger partial charge in [0.05, 0.1) is 5.92 Å². The number of benzene rings is 1. The number of nitrogens with two attached hydrogens (primary N) is 1. The number of hydrogen-bond acceptors (Lipinski definition) is 3. The van der Waals surface area contributed by atoms with Crippen molar-refractivity contribution in [3.8, 4) is 0 Å². The van der Waals surface area contributed by atoms with Crippen LogP contribution in [-0.2, 0) is 16.0 Å². The highest BCUT2D eigenvalue weighted by Crippen LogP contribution is 2.20. The van der Waals surface area contributed by atoms with Crippen molar-refractivity contribution in [2.45, 2.75) is 26.2 Å². The highest BCUT2D eigenvalue weighted by Gasteiger charge is 2.30. The number of nitrogens with one attached hydrogen (secondary N) is 1. The summed E-state index contributed by atoms with van der Waals surface area (Å²) in [5, 5.41) is 2.79. The van der Waals surface area contributed by atoms with E-state index in [0.717, 1.165) is 18.4 Å². The Bertz CT molecular complexity index is 579. The lowest BCUT2D eigenvalue weighted by molar-refractivity contribution is -0.138. The number of carbonyl (C=O) groups is 2. The highest BCUT2D eigenvalue weighted by molar-refractivity contribution is 5.82. The third-order valence-electron chi connectivity index (χ3n) is 4.40. The predicted octanol–water partition coefficient (Wildman–Crippen LogP) is 1.32. The molecule has 2 amide bonds. The summed E-state index contributed by atoms with van der Waals surface area (Å²) in [7, 11) is 0. The molecule has 0 radical (unpaired) electrons. The van der Waals surface area contributed by atoms with Crippen LogP contribution >= 0.6 is 0 Å². The fourth-order valence-corrected chi connectivity index (χ4v) is 3.15. The summed E-state index contributed by atoms with van der Waals surface area (Å²) in [5.41, 5.74) is 6.21. The van der Waals surface area contributed by atoms with Crippen LogP contribution < -0.4 is 11.1 Å². The lowest BCUT2D eigenvalue weighted by Crippen LogP contribution is -2.47. The lowest BCUT2D eigenvalue weighted by atomic mass is 9.94. The van der Waals surface area contributed by atoms with E-state index in [1.165, 1.54) is 12.1 Å². The summed E-state index contributed by atoms with van der Waals surface area (Å²) < 4.78 is 13.3. The largest absolute Gasteiger partial charge is 0.355 e. The minimum atomic E-state index is -0.290. The van der Waals surface area contributed by atoms with Crippen molar-refractivity contribution < 1.29 is 14.0 Å². The molecule has 0 aromatic heterocycles. The summed E-state index contributed by atoms with van der Waals surface area (Å²) in [4.78, 5) is 26.5. The van der Waals surface area contributed by atoms with Gasteiger partial charge in [0.2, 0.25) is 11.8 Å². The van der Waals surface area contributed by atoms with Gasteiger partial charge in [0.25, 0.3) is 0 Å². The topological polar surface area (TPSA) is 75.4 Å². The van der Waals surface area contributed by atoms with Crippen molar-refractivity contribution in [2.75, 3.05) is 26.2 Å². The van der Waals surface area contributed by atoms with Crippen LogP contribution in [0.25, 0.3) is 0 Å². The van der Waals surface area contributed by atoms with Crippen molar-refractivity contribution in [3.63, 3.8) is 0 Å². The molecule has 1 aromatic rings. The van der Waals surface area contributed by atoms with Gasteiger partial charge < -0.3 is 16.0 Å². The van der Waals surface area contributed by atoms with Crippen LogP contribution in [-0.4, -0.2) is 42.9 Å². The number of carbonyl (C=O) groups excluding carboxylic acids is 2. The molecular weight excluding hydrogens is 309 g/mol. The molecule has 1 heterocycles. The Morgan fingerprint density at radius 3 is 2.96 bits per heavy atom. The molecule has 2 rings (SSSR count). The first kappa shape index (κ1) is 18.4. The van der Waals surface area contributed by atoms with E-state index >= 15 is 0 Å². The molecule has 1 aliphatic heterocycles. The van der Waals surface area contributed by atoms with Crippen molar-refractivity contribution in [1.82, 2.24) is 10.2 Å². The summed E-state index contributed by atoms with van der Waals surface area (Å²) in [6.45, 7) is 3.84. The Kier molecular flexibility index (Phi) is 6.73. The number of likely N-dealkylation sites (tertiary alicyclic amines) is 1. The maximum Gasteiger partial charge on any atom is 0.225 e. The van der Waals surface area contributed by atoms with E-state index in [4.69, 9.17) is 5.73 Å². The summed E-state index contributed by atoms with van der Waals surface area (Å²) in [5.74, 6) is -0.707. The third kappa shape index (κ3) is 5.03. The lowest BCUT2D eigenvalue weighted by Gasteiger charge is -2.33. The van der Waals surface area contributed by atoms with Crippen LogP contribution in [0, 0.1) is 17.7 Å². The monoisotopic (exact) mass is 335 g/mol. The van der Waals surface area contributed by atoms with E-state index in [2.05, 4.69) is 5.32 Å². The second-order valence-corrected chi connectivity index (χ2v) is 6.44. The molecule has 1 aromatic carbocycles. The van der Waals surface area contributed by atoms with E-state index in [9.17, 15) is 14.0 Å². The molecule has 1 aliphatic rings. The molecule has 0 aliphatic carbocycles. The van der Waals surface area contributed by atoms with Crippen LogP contribution in [0.4, 0.5) is 4.39 Å². The molecule has 1 saturated heterocycles. The second-order valence-electron chi connectivity index (χ2n) is 6.44. The van der Waals surface area contributed by atoms with Crippen molar-refractivity contribution in [2.24, 2.45) is 17.6 Å². The predicted molar refractivity (Wildman–Crippen MR) is 90.6 cm³/mol. The standard InChI is InChI=1S/C18H26FN3O2/c1-13(10-14-4-2-6-16(19)11-14)18(24)22-9-3-5-15(12-22)17(23)21-8-7-20/h2,4,6,11,13,15H,3,5,7-10,12,20H2,1H3,(H,21,23). The van der Waals surface area contributed by atoms with E-state index in [1.54, 1.807) is 11.0 Å². The van der Waals surface area contributed by atoms with Crippen LogP contribution in [0.3, 0.4) is 0 Å². The fraction of sp³-hybridized carbons (Fsp3) is 0.556. The van der Waals surface area contributed by atoms with Crippen molar-refractivity contribution in [1.29, 1.82) is 0 Å². The van der Waals surface area contributed by atoms with Crippen molar-refractivity contribution in [3.05, 3.63) is 35.6 Å². The highest BCUT2D eigenvalue weighted by atomic mass is 19.1. The molecule has 0 bridgehead atoms. The molecule has 3 N–H and O–H groups in total. The Balaban J connectivity index is 1.92. The first-order valence-electron chi connectivity index (χ1n) is 8.52. The Labute approximate surface area is 142 Å². The normalized spacial score (nSPS) is 19.0. The van der Waals surface area contributed by atoms with Crippen molar-refractivity contribution >= 4 is 11.8 Å². The second kappa shape index (κ2) is 8.78. The SMILES string of the molecule is CC(Cc1cccc(F)c1)C(=O)N1CCCC(C(=O)NCCN)C1. The fourth-order valence-electron chi connectivity index (χ4n) is 3.15. The average Bonchev–Trinajstić information content (AvgIpc) is 2.59. The molecule has 24 heavy (non-hydrogen) atoms. The van der Waals surface area contributed by atoms with Gasteiger partial charge in [-0.25, -0.2) is 4.39 Å². The maximum absolute atomic E-state index is 13.3. The maximum atomic E-state index is 13.3. The molecule has 0 saturated carbocycles. The molecular formula is C18H26FN3O2. The Morgan fingerprint density at radius 1 is 1.46 bits per heavy atom. The van der Waals surface area contributed by atoms with Crippen LogP contribution in [0.1, 0.15) is 25.3 Å². The quantitative estimate of drug-likeness (QED) is 0.823. The van der Waals surface area contributed by atoms with E-state index < -0.39 is 0 Å².